The molecule has 0 spiro atoms. The fourth-order valence-corrected chi connectivity index (χ4v) is 3.93. The van der Waals surface area contributed by atoms with Gasteiger partial charge >= 0.3 is 0 Å². The van der Waals surface area contributed by atoms with Gasteiger partial charge in [0.05, 0.1) is 10.6 Å². The van der Waals surface area contributed by atoms with Crippen molar-refractivity contribution in [2.24, 2.45) is 0 Å². The van der Waals surface area contributed by atoms with Gasteiger partial charge in [0.1, 0.15) is 5.76 Å². The van der Waals surface area contributed by atoms with Crippen molar-refractivity contribution in [1.29, 1.82) is 0 Å². The summed E-state index contributed by atoms with van der Waals surface area (Å²) < 4.78 is 32.6. The van der Waals surface area contributed by atoms with Crippen molar-refractivity contribution in [2.75, 3.05) is 7.05 Å². The topological polar surface area (TPSA) is 63.4 Å². The number of hydrogen-bond donors (Lipinski definition) is 0. The van der Waals surface area contributed by atoms with E-state index in [2.05, 4.69) is 25.9 Å². The molecule has 2 aromatic rings. The van der Waals surface area contributed by atoms with E-state index in [4.69, 9.17) is 4.52 Å². The first-order chi connectivity index (χ1) is 10.9. The second-order valence-electron chi connectivity index (χ2n) is 7.29. The lowest BCUT2D eigenvalue weighted by molar-refractivity contribution is 0.390. The maximum Gasteiger partial charge on any atom is 0.243 e. The number of aryl methyl sites for hydroxylation is 3. The van der Waals surface area contributed by atoms with Crippen molar-refractivity contribution < 1.29 is 12.9 Å². The summed E-state index contributed by atoms with van der Waals surface area (Å²) in [4.78, 5) is 0.351. The molecule has 5 nitrogen and oxygen atoms in total. The van der Waals surface area contributed by atoms with Gasteiger partial charge in [0.2, 0.25) is 10.0 Å². The Labute approximate surface area is 144 Å². The van der Waals surface area contributed by atoms with E-state index in [1.807, 2.05) is 26.0 Å². The first kappa shape index (κ1) is 18.7. The van der Waals surface area contributed by atoms with Crippen LogP contribution in [0.1, 0.15) is 48.9 Å². The van der Waals surface area contributed by atoms with Crippen LogP contribution in [0.4, 0.5) is 0 Å². The van der Waals surface area contributed by atoms with Crippen molar-refractivity contribution in [1.82, 2.24) is 9.46 Å². The smallest absolute Gasteiger partial charge is 0.243 e. The van der Waals surface area contributed by atoms with Crippen LogP contribution in [0.2, 0.25) is 0 Å². The summed E-state index contributed by atoms with van der Waals surface area (Å²) >= 11 is 0. The van der Waals surface area contributed by atoms with Gasteiger partial charge < -0.3 is 4.52 Å². The van der Waals surface area contributed by atoms with E-state index in [1.165, 1.54) is 4.31 Å². The van der Waals surface area contributed by atoms with Gasteiger partial charge in [-0.2, -0.15) is 4.31 Å². The molecule has 132 valence electrons. The minimum absolute atomic E-state index is 0.113. The van der Waals surface area contributed by atoms with Gasteiger partial charge in [-0.1, -0.05) is 38.1 Å². The molecule has 0 aliphatic rings. The monoisotopic (exact) mass is 350 g/mol. The van der Waals surface area contributed by atoms with Crippen LogP contribution in [-0.4, -0.2) is 24.9 Å². The molecule has 0 radical (unpaired) electrons. The Kier molecular flexibility index (Phi) is 4.93. The van der Waals surface area contributed by atoms with Crippen molar-refractivity contribution in [3.63, 3.8) is 0 Å². The highest BCUT2D eigenvalue weighted by Crippen LogP contribution is 2.28. The lowest BCUT2D eigenvalue weighted by Gasteiger charge is -2.23. The van der Waals surface area contributed by atoms with Gasteiger partial charge in [0.25, 0.3) is 0 Å². The fraction of sp³-hybridized carbons (Fsp3) is 0.500. The predicted octanol–water partition coefficient (Wildman–Crippen LogP) is 3.72. The zero-order chi connectivity index (χ0) is 18.3. The van der Waals surface area contributed by atoms with E-state index >= 15 is 0 Å². The van der Waals surface area contributed by atoms with Crippen LogP contribution in [0.15, 0.2) is 27.6 Å². The maximum absolute atomic E-state index is 13.1. The molecule has 0 saturated heterocycles. The molecule has 0 bridgehead atoms. The third-order valence-electron chi connectivity index (χ3n) is 4.30. The Balaban J connectivity index is 2.43. The van der Waals surface area contributed by atoms with E-state index in [0.717, 1.165) is 22.4 Å². The molecule has 0 fully saturated rings. The Hall–Kier alpha value is -1.66. The SMILES string of the molecule is Cc1ccc(C(C)(C)C)cc1S(=O)(=O)N(C)Cc1c(C)noc1C. The first-order valence-electron chi connectivity index (χ1n) is 7.94. The molecule has 0 amide bonds. The van der Waals surface area contributed by atoms with Crippen LogP contribution >= 0.6 is 0 Å². The first-order valence-corrected chi connectivity index (χ1v) is 9.38. The molecule has 6 heteroatoms. The lowest BCUT2D eigenvalue weighted by Crippen LogP contribution is -2.28. The molecule has 0 atom stereocenters. The molecule has 0 N–H and O–H groups in total. The third-order valence-corrected chi connectivity index (χ3v) is 6.25. The number of nitrogens with zero attached hydrogens (tertiary/aromatic N) is 2. The van der Waals surface area contributed by atoms with Crippen LogP contribution in [0.5, 0.6) is 0 Å². The van der Waals surface area contributed by atoms with Gasteiger partial charge in [-0.15, -0.1) is 0 Å². The van der Waals surface area contributed by atoms with E-state index in [-0.39, 0.29) is 12.0 Å². The Morgan fingerprint density at radius 3 is 2.29 bits per heavy atom. The molecule has 2 rings (SSSR count). The number of rotatable bonds is 4. The van der Waals surface area contributed by atoms with Crippen LogP contribution in [0.3, 0.4) is 0 Å². The van der Waals surface area contributed by atoms with Gasteiger partial charge in [0.15, 0.2) is 0 Å². The minimum Gasteiger partial charge on any atom is -0.361 e. The highest BCUT2D eigenvalue weighted by atomic mass is 32.2. The number of benzene rings is 1. The van der Waals surface area contributed by atoms with Gasteiger partial charge in [-0.25, -0.2) is 8.42 Å². The minimum atomic E-state index is -3.60. The second-order valence-corrected chi connectivity index (χ2v) is 9.31. The highest BCUT2D eigenvalue weighted by molar-refractivity contribution is 7.89. The quantitative estimate of drug-likeness (QED) is 0.843. The number of hydrogen-bond acceptors (Lipinski definition) is 4. The average molecular weight is 350 g/mol. The third kappa shape index (κ3) is 3.54. The van der Waals surface area contributed by atoms with Gasteiger partial charge in [-0.3, -0.25) is 0 Å². The average Bonchev–Trinajstić information content (AvgIpc) is 2.78. The zero-order valence-electron chi connectivity index (χ0n) is 15.5. The standard InChI is InChI=1S/C18H26N2O3S/c1-12-8-9-15(18(4,5)6)10-17(12)24(21,22)20(7)11-16-13(2)19-23-14(16)3/h8-10H,11H2,1-7H3. The van der Waals surface area contributed by atoms with E-state index in [1.54, 1.807) is 20.0 Å². The largest absolute Gasteiger partial charge is 0.361 e. The normalized spacial score (nSPS) is 12.8. The van der Waals surface area contributed by atoms with Crippen molar-refractivity contribution in [2.45, 2.75) is 58.4 Å². The van der Waals surface area contributed by atoms with Crippen LogP contribution in [0.25, 0.3) is 0 Å². The molecular weight excluding hydrogens is 324 g/mol. The lowest BCUT2D eigenvalue weighted by atomic mass is 9.87. The number of sulfonamides is 1. The second kappa shape index (κ2) is 6.33. The Bertz CT molecular complexity index is 826. The fourth-order valence-electron chi connectivity index (χ4n) is 2.55. The van der Waals surface area contributed by atoms with Crippen molar-refractivity contribution >= 4 is 10.0 Å². The molecule has 24 heavy (non-hydrogen) atoms. The maximum atomic E-state index is 13.1. The van der Waals surface area contributed by atoms with Crippen LogP contribution in [0, 0.1) is 20.8 Å². The summed E-state index contributed by atoms with van der Waals surface area (Å²) in [5, 5.41) is 3.89. The molecular formula is C18H26N2O3S. The summed E-state index contributed by atoms with van der Waals surface area (Å²) in [6.07, 6.45) is 0. The van der Waals surface area contributed by atoms with E-state index in [9.17, 15) is 8.42 Å². The molecule has 0 saturated carbocycles. The Morgan fingerprint density at radius 2 is 1.79 bits per heavy atom. The molecule has 0 aliphatic carbocycles. The predicted molar refractivity (Wildman–Crippen MR) is 94.5 cm³/mol. The van der Waals surface area contributed by atoms with E-state index < -0.39 is 10.0 Å². The van der Waals surface area contributed by atoms with E-state index in [0.29, 0.717) is 10.7 Å². The summed E-state index contributed by atoms with van der Waals surface area (Å²) in [6, 6.07) is 5.65. The van der Waals surface area contributed by atoms with Crippen molar-refractivity contribution in [3.8, 4) is 0 Å². The molecule has 0 unspecified atom stereocenters. The van der Waals surface area contributed by atoms with Gasteiger partial charge in [0, 0.05) is 19.2 Å². The molecule has 1 aromatic heterocycles. The number of aromatic nitrogens is 1. The zero-order valence-corrected chi connectivity index (χ0v) is 16.3. The molecule has 1 heterocycles. The molecule has 1 aromatic carbocycles. The van der Waals surface area contributed by atoms with Crippen molar-refractivity contribution in [3.05, 3.63) is 46.3 Å². The highest BCUT2D eigenvalue weighted by Gasteiger charge is 2.26. The summed E-state index contributed by atoms with van der Waals surface area (Å²) in [7, 11) is -2.01. The van der Waals surface area contributed by atoms with Crippen LogP contribution in [-0.2, 0) is 22.0 Å². The summed E-state index contributed by atoms with van der Waals surface area (Å²) in [5.74, 6) is 0.648. The Morgan fingerprint density at radius 1 is 1.17 bits per heavy atom. The summed E-state index contributed by atoms with van der Waals surface area (Å²) in [5.41, 5.74) is 3.16. The summed E-state index contributed by atoms with van der Waals surface area (Å²) in [6.45, 7) is 11.9. The van der Waals surface area contributed by atoms with Crippen LogP contribution < -0.4 is 0 Å². The molecule has 0 aliphatic heterocycles. The van der Waals surface area contributed by atoms with Gasteiger partial charge in [-0.05, 0) is 43.4 Å².